The number of nitrogens with one attached hydrogen (secondary N) is 1. The minimum atomic E-state index is -0.325. The van der Waals surface area contributed by atoms with Crippen LogP contribution in [-0.4, -0.2) is 29.4 Å². The molecule has 1 aromatic carbocycles. The van der Waals surface area contributed by atoms with E-state index in [4.69, 9.17) is 5.11 Å². The minimum Gasteiger partial charge on any atom is -0.393 e. The van der Waals surface area contributed by atoms with Crippen molar-refractivity contribution in [2.45, 2.75) is 37.2 Å². The first-order chi connectivity index (χ1) is 9.09. The van der Waals surface area contributed by atoms with Crippen molar-refractivity contribution in [2.75, 3.05) is 12.3 Å². The van der Waals surface area contributed by atoms with Gasteiger partial charge in [0, 0.05) is 23.6 Å². The molecule has 0 fully saturated rings. The fraction of sp³-hybridized carbons (Fsp3) is 0.500. The average Bonchev–Trinajstić information content (AvgIpc) is 2.37. The third-order valence-corrected chi connectivity index (χ3v) is 3.59. The first-order valence-corrected chi connectivity index (χ1v) is 7.40. The summed E-state index contributed by atoms with van der Waals surface area (Å²) in [7, 11) is 0. The summed E-state index contributed by atoms with van der Waals surface area (Å²) in [5, 5.41) is 11.8. The molecular weight excluding hydrogens is 265 g/mol. The van der Waals surface area contributed by atoms with Crippen LogP contribution in [0.25, 0.3) is 0 Å². The van der Waals surface area contributed by atoms with E-state index >= 15 is 0 Å². The van der Waals surface area contributed by atoms with Gasteiger partial charge in [-0.3, -0.25) is 4.79 Å². The van der Waals surface area contributed by atoms with E-state index < -0.39 is 0 Å². The summed E-state index contributed by atoms with van der Waals surface area (Å²) in [5.41, 5.74) is 0. The number of aliphatic hydroxyl groups excluding tert-OH is 1. The molecule has 0 spiro atoms. The molecule has 1 atom stereocenters. The standard InChI is InChI=1S/C14H20FNO2S/c1-11(17)5-4-9-16-14(18)8-10-19-13-7-3-2-6-12(13)15/h2-3,6-7,11,17H,4-5,8-10H2,1H3,(H,16,18). The molecule has 0 saturated carbocycles. The molecule has 0 aliphatic carbocycles. The van der Waals surface area contributed by atoms with Gasteiger partial charge in [0.15, 0.2) is 0 Å². The molecule has 0 radical (unpaired) electrons. The molecule has 0 aliphatic heterocycles. The summed E-state index contributed by atoms with van der Waals surface area (Å²) in [6, 6.07) is 6.55. The summed E-state index contributed by atoms with van der Waals surface area (Å²) in [4.78, 5) is 12.1. The van der Waals surface area contributed by atoms with Crippen LogP contribution in [-0.2, 0) is 4.79 Å². The Morgan fingerprint density at radius 1 is 1.47 bits per heavy atom. The maximum absolute atomic E-state index is 13.3. The van der Waals surface area contributed by atoms with E-state index in [1.807, 2.05) is 0 Å². The molecule has 0 bridgehead atoms. The minimum absolute atomic E-state index is 0.0329. The summed E-state index contributed by atoms with van der Waals surface area (Å²) in [6.45, 7) is 2.31. The molecule has 0 aliphatic rings. The van der Waals surface area contributed by atoms with E-state index in [2.05, 4.69) is 5.32 Å². The van der Waals surface area contributed by atoms with Gasteiger partial charge in [0.25, 0.3) is 0 Å². The second-order valence-electron chi connectivity index (χ2n) is 4.37. The maximum atomic E-state index is 13.3. The van der Waals surface area contributed by atoms with Gasteiger partial charge in [-0.2, -0.15) is 0 Å². The summed E-state index contributed by atoms with van der Waals surface area (Å²) < 4.78 is 13.3. The fourth-order valence-electron chi connectivity index (χ4n) is 1.53. The van der Waals surface area contributed by atoms with E-state index in [1.54, 1.807) is 25.1 Å². The molecule has 19 heavy (non-hydrogen) atoms. The lowest BCUT2D eigenvalue weighted by Crippen LogP contribution is -2.25. The van der Waals surface area contributed by atoms with Crippen LogP contribution < -0.4 is 5.32 Å². The van der Waals surface area contributed by atoms with E-state index in [1.165, 1.54) is 17.8 Å². The van der Waals surface area contributed by atoms with E-state index in [0.717, 1.165) is 6.42 Å². The van der Waals surface area contributed by atoms with Crippen molar-refractivity contribution in [1.29, 1.82) is 0 Å². The number of rotatable bonds is 8. The lowest BCUT2D eigenvalue weighted by atomic mass is 10.2. The highest BCUT2D eigenvalue weighted by Crippen LogP contribution is 2.21. The van der Waals surface area contributed by atoms with Crippen LogP contribution in [0.5, 0.6) is 0 Å². The van der Waals surface area contributed by atoms with Gasteiger partial charge in [-0.25, -0.2) is 4.39 Å². The molecule has 1 amide bonds. The van der Waals surface area contributed by atoms with Crippen molar-refractivity contribution in [3.05, 3.63) is 30.1 Å². The van der Waals surface area contributed by atoms with Gasteiger partial charge in [0.2, 0.25) is 5.91 Å². The molecule has 5 heteroatoms. The number of carbonyl (C=O) groups is 1. The summed E-state index contributed by atoms with van der Waals surface area (Å²) in [6.07, 6.45) is 1.50. The van der Waals surface area contributed by atoms with Crippen molar-refractivity contribution in [3.8, 4) is 0 Å². The van der Waals surface area contributed by atoms with Crippen molar-refractivity contribution >= 4 is 17.7 Å². The maximum Gasteiger partial charge on any atom is 0.220 e. The normalized spacial score (nSPS) is 12.2. The van der Waals surface area contributed by atoms with E-state index in [-0.39, 0.29) is 17.8 Å². The van der Waals surface area contributed by atoms with E-state index in [0.29, 0.717) is 30.0 Å². The quantitative estimate of drug-likeness (QED) is 0.570. The second kappa shape index (κ2) is 8.93. The van der Waals surface area contributed by atoms with Crippen LogP contribution in [0.3, 0.4) is 0 Å². The second-order valence-corrected chi connectivity index (χ2v) is 5.51. The third-order valence-electron chi connectivity index (χ3n) is 2.54. The monoisotopic (exact) mass is 285 g/mol. The van der Waals surface area contributed by atoms with Gasteiger partial charge in [-0.15, -0.1) is 11.8 Å². The van der Waals surface area contributed by atoms with Crippen LogP contribution in [0.4, 0.5) is 4.39 Å². The Morgan fingerprint density at radius 3 is 2.89 bits per heavy atom. The highest BCUT2D eigenvalue weighted by molar-refractivity contribution is 7.99. The Hall–Kier alpha value is -1.07. The number of aliphatic hydroxyl groups is 1. The Labute approximate surface area is 117 Å². The van der Waals surface area contributed by atoms with Crippen LogP contribution in [0.15, 0.2) is 29.2 Å². The van der Waals surface area contributed by atoms with Crippen molar-refractivity contribution in [3.63, 3.8) is 0 Å². The lowest BCUT2D eigenvalue weighted by Gasteiger charge is -2.06. The Kier molecular flexibility index (Phi) is 7.52. The van der Waals surface area contributed by atoms with Gasteiger partial charge in [0.05, 0.1) is 6.10 Å². The molecule has 1 unspecified atom stereocenters. The average molecular weight is 285 g/mol. The molecular formula is C14H20FNO2S. The van der Waals surface area contributed by atoms with E-state index in [9.17, 15) is 9.18 Å². The van der Waals surface area contributed by atoms with Crippen LogP contribution >= 0.6 is 11.8 Å². The zero-order valence-electron chi connectivity index (χ0n) is 11.1. The van der Waals surface area contributed by atoms with Crippen LogP contribution in [0.2, 0.25) is 0 Å². The van der Waals surface area contributed by atoms with Gasteiger partial charge in [-0.1, -0.05) is 12.1 Å². The topological polar surface area (TPSA) is 49.3 Å². The zero-order chi connectivity index (χ0) is 14.1. The predicted octanol–water partition coefficient (Wildman–Crippen LogP) is 2.59. The van der Waals surface area contributed by atoms with Gasteiger partial charge in [-0.05, 0) is 31.9 Å². The Morgan fingerprint density at radius 2 is 2.21 bits per heavy atom. The Bertz CT molecular complexity index is 399. The summed E-state index contributed by atoms with van der Waals surface area (Å²) in [5.74, 6) is 0.280. The number of hydrogen-bond donors (Lipinski definition) is 2. The number of halogens is 1. The van der Waals surface area contributed by atoms with Gasteiger partial charge >= 0.3 is 0 Å². The van der Waals surface area contributed by atoms with Gasteiger partial charge < -0.3 is 10.4 Å². The first kappa shape index (κ1) is 16.0. The molecule has 3 nitrogen and oxygen atoms in total. The first-order valence-electron chi connectivity index (χ1n) is 6.41. The molecule has 2 N–H and O–H groups in total. The number of hydrogen-bond acceptors (Lipinski definition) is 3. The fourth-order valence-corrected chi connectivity index (χ4v) is 2.42. The molecule has 106 valence electrons. The molecule has 0 saturated heterocycles. The molecule has 0 heterocycles. The SMILES string of the molecule is CC(O)CCCNC(=O)CCSc1ccccc1F. The van der Waals surface area contributed by atoms with Gasteiger partial charge in [0.1, 0.15) is 5.82 Å². The number of carbonyl (C=O) groups excluding carboxylic acids is 1. The van der Waals surface area contributed by atoms with Crippen molar-refractivity contribution in [2.24, 2.45) is 0 Å². The molecule has 1 rings (SSSR count). The van der Waals surface area contributed by atoms with Crippen molar-refractivity contribution in [1.82, 2.24) is 5.32 Å². The third kappa shape index (κ3) is 7.18. The summed E-state index contributed by atoms with van der Waals surface area (Å²) >= 11 is 1.34. The van der Waals surface area contributed by atoms with Crippen molar-refractivity contribution < 1.29 is 14.3 Å². The van der Waals surface area contributed by atoms with Crippen LogP contribution in [0.1, 0.15) is 26.2 Å². The number of amides is 1. The zero-order valence-corrected chi connectivity index (χ0v) is 11.9. The largest absolute Gasteiger partial charge is 0.393 e. The molecule has 1 aromatic rings. The highest BCUT2D eigenvalue weighted by atomic mass is 32.2. The predicted molar refractivity (Wildman–Crippen MR) is 75.7 cm³/mol. The number of thioether (sulfide) groups is 1. The number of benzene rings is 1. The lowest BCUT2D eigenvalue weighted by molar-refractivity contribution is -0.120. The smallest absolute Gasteiger partial charge is 0.220 e. The highest BCUT2D eigenvalue weighted by Gasteiger charge is 2.04. The Balaban J connectivity index is 2.12. The van der Waals surface area contributed by atoms with Crippen LogP contribution in [0, 0.1) is 5.82 Å². The molecule has 0 aromatic heterocycles.